The van der Waals surface area contributed by atoms with Crippen LogP contribution in [0.15, 0.2) is 48.5 Å². The van der Waals surface area contributed by atoms with Crippen molar-refractivity contribution < 1.29 is 24.0 Å². The van der Waals surface area contributed by atoms with E-state index in [-0.39, 0.29) is 24.6 Å². The highest BCUT2D eigenvalue weighted by Crippen LogP contribution is 2.61. The zero-order valence-electron chi connectivity index (χ0n) is 16.9. The molecule has 2 aliphatic rings. The molecular weight excluding hydrogens is 400 g/mol. The van der Waals surface area contributed by atoms with E-state index in [1.165, 1.54) is 12.1 Å². The SMILES string of the molecule is CCOC(=O)C[C@@H]1C[C@]2(C(=O)Nc3ccccc32)[C@H](c2ccc([N+](=O)[O-])cc2)[C@H]1C=O. The molecule has 1 N–H and O–H groups in total. The Morgan fingerprint density at radius 3 is 2.61 bits per heavy atom. The first-order chi connectivity index (χ1) is 14.9. The summed E-state index contributed by atoms with van der Waals surface area (Å²) in [6.07, 6.45) is 1.14. The Kier molecular flexibility index (Phi) is 5.31. The molecule has 1 spiro atoms. The maximum absolute atomic E-state index is 13.4. The van der Waals surface area contributed by atoms with Crippen LogP contribution in [0.2, 0.25) is 0 Å². The lowest BCUT2D eigenvalue weighted by molar-refractivity contribution is -0.384. The molecule has 1 fully saturated rings. The van der Waals surface area contributed by atoms with Crippen LogP contribution in [0.4, 0.5) is 11.4 Å². The Morgan fingerprint density at radius 1 is 1.26 bits per heavy atom. The third kappa shape index (κ3) is 3.28. The Bertz CT molecular complexity index is 1050. The number of hydrogen-bond acceptors (Lipinski definition) is 6. The summed E-state index contributed by atoms with van der Waals surface area (Å²) >= 11 is 0. The number of ether oxygens (including phenoxy) is 1. The standard InChI is InChI=1S/C23H22N2O6/c1-2-31-20(27)11-15-12-23(18-5-3-4-6-19(18)24-22(23)28)21(17(15)13-26)14-7-9-16(10-8-14)25(29)30/h3-10,13,15,17,21H,2,11-12H2,1H3,(H,24,28)/t15-,17+,21-,23-/m1/s1. The van der Waals surface area contributed by atoms with Crippen LogP contribution in [0.5, 0.6) is 0 Å². The average Bonchev–Trinajstić information content (AvgIpc) is 3.23. The number of para-hydroxylation sites is 1. The Hall–Kier alpha value is -3.55. The highest BCUT2D eigenvalue weighted by molar-refractivity contribution is 6.07. The number of nitro benzene ring substituents is 1. The van der Waals surface area contributed by atoms with Crippen molar-refractivity contribution in [1.29, 1.82) is 0 Å². The molecule has 31 heavy (non-hydrogen) atoms. The lowest BCUT2D eigenvalue weighted by atomic mass is 9.68. The maximum Gasteiger partial charge on any atom is 0.306 e. The number of nitrogens with one attached hydrogen (secondary N) is 1. The van der Waals surface area contributed by atoms with Crippen molar-refractivity contribution in [1.82, 2.24) is 0 Å². The van der Waals surface area contributed by atoms with Crippen LogP contribution in [0.25, 0.3) is 0 Å². The van der Waals surface area contributed by atoms with Gasteiger partial charge in [0.05, 0.1) is 16.9 Å². The van der Waals surface area contributed by atoms with E-state index in [1.54, 1.807) is 19.1 Å². The monoisotopic (exact) mass is 422 g/mol. The van der Waals surface area contributed by atoms with Gasteiger partial charge in [-0.3, -0.25) is 19.7 Å². The number of amides is 1. The number of carbonyl (C=O) groups excluding carboxylic acids is 3. The highest BCUT2D eigenvalue weighted by atomic mass is 16.6. The highest BCUT2D eigenvalue weighted by Gasteiger charge is 2.62. The van der Waals surface area contributed by atoms with Crippen LogP contribution < -0.4 is 5.32 Å². The van der Waals surface area contributed by atoms with Gasteiger partial charge in [0, 0.05) is 36.1 Å². The molecule has 0 bridgehead atoms. The van der Waals surface area contributed by atoms with Crippen LogP contribution in [0.3, 0.4) is 0 Å². The number of aldehydes is 1. The van der Waals surface area contributed by atoms with Gasteiger partial charge < -0.3 is 14.8 Å². The van der Waals surface area contributed by atoms with Crippen LogP contribution in [-0.4, -0.2) is 29.7 Å². The molecule has 8 heteroatoms. The summed E-state index contributed by atoms with van der Waals surface area (Å²) in [6, 6.07) is 13.3. The molecular formula is C23H22N2O6. The number of anilines is 1. The van der Waals surface area contributed by atoms with Crippen LogP contribution >= 0.6 is 0 Å². The molecule has 0 unspecified atom stereocenters. The number of nitro groups is 1. The fourth-order valence-corrected chi connectivity index (χ4v) is 5.27. The Balaban J connectivity index is 1.85. The zero-order chi connectivity index (χ0) is 22.2. The average molecular weight is 422 g/mol. The van der Waals surface area contributed by atoms with Crippen LogP contribution in [0.1, 0.15) is 36.8 Å². The van der Waals surface area contributed by atoms with Crippen LogP contribution in [0, 0.1) is 22.0 Å². The summed E-state index contributed by atoms with van der Waals surface area (Å²) in [4.78, 5) is 48.5. The quantitative estimate of drug-likeness (QED) is 0.330. The number of hydrogen-bond donors (Lipinski definition) is 1. The lowest BCUT2D eigenvalue weighted by Crippen LogP contribution is -2.38. The van der Waals surface area contributed by atoms with Gasteiger partial charge in [0.15, 0.2) is 0 Å². The normalized spacial score (nSPS) is 26.4. The van der Waals surface area contributed by atoms with Gasteiger partial charge in [-0.25, -0.2) is 0 Å². The van der Waals surface area contributed by atoms with E-state index >= 15 is 0 Å². The second-order valence-corrected chi connectivity index (χ2v) is 7.98. The zero-order valence-corrected chi connectivity index (χ0v) is 16.9. The number of esters is 1. The maximum atomic E-state index is 13.4. The van der Waals surface area contributed by atoms with Crippen molar-refractivity contribution >= 4 is 29.5 Å². The Morgan fingerprint density at radius 2 is 1.97 bits per heavy atom. The van der Waals surface area contributed by atoms with E-state index < -0.39 is 34.1 Å². The van der Waals surface area contributed by atoms with Crippen molar-refractivity contribution in [3.63, 3.8) is 0 Å². The van der Waals surface area contributed by atoms with E-state index in [2.05, 4.69) is 5.32 Å². The topological polar surface area (TPSA) is 116 Å². The van der Waals surface area contributed by atoms with Crippen molar-refractivity contribution in [2.45, 2.75) is 31.1 Å². The molecule has 1 aliphatic heterocycles. The third-order valence-electron chi connectivity index (χ3n) is 6.46. The molecule has 1 aliphatic carbocycles. The number of nitrogens with zero attached hydrogens (tertiary/aromatic N) is 1. The smallest absolute Gasteiger partial charge is 0.306 e. The molecule has 4 atom stereocenters. The number of rotatable bonds is 6. The van der Waals surface area contributed by atoms with Crippen molar-refractivity contribution in [3.05, 3.63) is 69.8 Å². The molecule has 1 saturated carbocycles. The van der Waals surface area contributed by atoms with Gasteiger partial charge in [-0.05, 0) is 36.5 Å². The second-order valence-electron chi connectivity index (χ2n) is 7.98. The van der Waals surface area contributed by atoms with Crippen molar-refractivity contribution in [2.24, 2.45) is 11.8 Å². The van der Waals surface area contributed by atoms with Gasteiger partial charge in [0.1, 0.15) is 6.29 Å². The summed E-state index contributed by atoms with van der Waals surface area (Å²) in [7, 11) is 0. The number of fused-ring (bicyclic) bond motifs is 2. The van der Waals surface area contributed by atoms with Crippen LogP contribution in [-0.2, 0) is 24.5 Å². The number of carbonyl (C=O) groups is 3. The van der Waals surface area contributed by atoms with Gasteiger partial charge in [-0.15, -0.1) is 0 Å². The molecule has 4 rings (SSSR count). The van der Waals surface area contributed by atoms with Crippen molar-refractivity contribution in [3.8, 4) is 0 Å². The predicted molar refractivity (Wildman–Crippen MR) is 111 cm³/mol. The number of non-ortho nitro benzene ring substituents is 1. The molecule has 1 heterocycles. The summed E-state index contributed by atoms with van der Waals surface area (Å²) in [5.41, 5.74) is 0.997. The molecule has 0 saturated heterocycles. The molecule has 8 nitrogen and oxygen atoms in total. The van der Waals surface area contributed by atoms with Gasteiger partial charge in [0.25, 0.3) is 5.69 Å². The predicted octanol–water partition coefficient (Wildman–Crippen LogP) is 3.36. The minimum Gasteiger partial charge on any atom is -0.466 e. The summed E-state index contributed by atoms with van der Waals surface area (Å²) < 4.78 is 5.10. The first-order valence-corrected chi connectivity index (χ1v) is 10.2. The van der Waals surface area contributed by atoms with E-state index in [0.717, 1.165) is 11.8 Å². The fourth-order valence-electron chi connectivity index (χ4n) is 5.27. The Labute approximate surface area is 178 Å². The fraction of sp³-hybridized carbons (Fsp3) is 0.348. The first-order valence-electron chi connectivity index (χ1n) is 10.2. The minimum absolute atomic E-state index is 0.0257. The van der Waals surface area contributed by atoms with Crippen molar-refractivity contribution in [2.75, 3.05) is 11.9 Å². The van der Waals surface area contributed by atoms with E-state index in [9.17, 15) is 24.5 Å². The third-order valence-corrected chi connectivity index (χ3v) is 6.46. The lowest BCUT2D eigenvalue weighted by Gasteiger charge is -2.31. The molecule has 0 aromatic heterocycles. The molecule has 160 valence electrons. The van der Waals surface area contributed by atoms with E-state index in [1.807, 2.05) is 24.3 Å². The molecule has 0 radical (unpaired) electrons. The minimum atomic E-state index is -1.05. The largest absolute Gasteiger partial charge is 0.466 e. The second kappa shape index (κ2) is 7.94. The molecule has 2 aromatic carbocycles. The summed E-state index contributed by atoms with van der Waals surface area (Å²) in [5, 5.41) is 14.0. The van der Waals surface area contributed by atoms with Gasteiger partial charge >= 0.3 is 5.97 Å². The number of benzene rings is 2. The van der Waals surface area contributed by atoms with E-state index in [4.69, 9.17) is 4.74 Å². The molecule has 2 aromatic rings. The van der Waals surface area contributed by atoms with E-state index in [0.29, 0.717) is 17.7 Å². The first kappa shape index (κ1) is 20.7. The van der Waals surface area contributed by atoms with Gasteiger partial charge in [-0.1, -0.05) is 30.3 Å². The van der Waals surface area contributed by atoms with Gasteiger partial charge in [0.2, 0.25) is 5.91 Å². The molecule has 1 amide bonds. The summed E-state index contributed by atoms with van der Waals surface area (Å²) in [5.74, 6) is -2.22. The van der Waals surface area contributed by atoms with Gasteiger partial charge in [-0.2, -0.15) is 0 Å². The summed E-state index contributed by atoms with van der Waals surface area (Å²) in [6.45, 7) is 1.95.